The summed E-state index contributed by atoms with van der Waals surface area (Å²) in [6, 6.07) is 15.6. The summed E-state index contributed by atoms with van der Waals surface area (Å²) in [6.07, 6.45) is 2.32. The molecule has 0 saturated heterocycles. The standard InChI is InChI=1S/C25H30N6O2/c1-17-9-10-20(32)19(13-17)14-27-22-21-23(30-24(29-22)26-12-11-25(2,3)33)31(16-28-21)15-18-7-5-4-6-8-18/h4-10,13,16,32-33H,11-12,14-15H2,1-3H3,(H2,26,27,29,30). The lowest BCUT2D eigenvalue weighted by atomic mass is 10.1. The minimum Gasteiger partial charge on any atom is -0.508 e. The fourth-order valence-electron chi connectivity index (χ4n) is 3.56. The number of hydrogen-bond acceptors (Lipinski definition) is 7. The van der Waals surface area contributed by atoms with E-state index >= 15 is 0 Å². The van der Waals surface area contributed by atoms with Crippen LogP contribution in [-0.2, 0) is 13.1 Å². The average Bonchev–Trinajstić information content (AvgIpc) is 3.17. The number of nitrogens with one attached hydrogen (secondary N) is 2. The number of phenols is 1. The molecule has 0 atom stereocenters. The van der Waals surface area contributed by atoms with E-state index in [1.807, 2.05) is 41.8 Å². The monoisotopic (exact) mass is 446 g/mol. The molecular formula is C25H30N6O2. The quantitative estimate of drug-likeness (QED) is 0.307. The molecule has 4 aromatic rings. The molecule has 0 fully saturated rings. The maximum absolute atomic E-state index is 10.2. The first-order chi connectivity index (χ1) is 15.8. The van der Waals surface area contributed by atoms with Gasteiger partial charge >= 0.3 is 0 Å². The highest BCUT2D eigenvalue weighted by Crippen LogP contribution is 2.25. The first-order valence-corrected chi connectivity index (χ1v) is 11.0. The fourth-order valence-corrected chi connectivity index (χ4v) is 3.56. The molecular weight excluding hydrogens is 416 g/mol. The first kappa shape index (κ1) is 22.5. The van der Waals surface area contributed by atoms with E-state index in [4.69, 9.17) is 4.98 Å². The Morgan fingerprint density at radius 2 is 1.82 bits per heavy atom. The number of aromatic hydroxyl groups is 1. The van der Waals surface area contributed by atoms with Crippen LogP contribution in [-0.4, -0.2) is 41.9 Å². The van der Waals surface area contributed by atoms with E-state index in [9.17, 15) is 10.2 Å². The van der Waals surface area contributed by atoms with Gasteiger partial charge in [0.05, 0.1) is 18.5 Å². The Kier molecular flexibility index (Phi) is 6.46. The van der Waals surface area contributed by atoms with Crippen molar-refractivity contribution in [2.45, 2.75) is 45.9 Å². The Morgan fingerprint density at radius 3 is 2.58 bits per heavy atom. The lowest BCUT2D eigenvalue weighted by Gasteiger charge is -2.17. The second-order valence-corrected chi connectivity index (χ2v) is 8.90. The summed E-state index contributed by atoms with van der Waals surface area (Å²) >= 11 is 0. The largest absolute Gasteiger partial charge is 0.508 e. The molecule has 0 aliphatic carbocycles. The van der Waals surface area contributed by atoms with Crippen molar-refractivity contribution in [1.82, 2.24) is 19.5 Å². The van der Waals surface area contributed by atoms with E-state index in [-0.39, 0.29) is 5.75 Å². The predicted molar refractivity (Wildman–Crippen MR) is 130 cm³/mol. The van der Waals surface area contributed by atoms with Crippen molar-refractivity contribution in [3.05, 3.63) is 71.5 Å². The molecule has 2 heterocycles. The van der Waals surface area contributed by atoms with Gasteiger partial charge in [0.15, 0.2) is 17.0 Å². The molecule has 0 saturated carbocycles. The second-order valence-electron chi connectivity index (χ2n) is 8.90. The van der Waals surface area contributed by atoms with Crippen LogP contribution in [0.4, 0.5) is 11.8 Å². The molecule has 2 aromatic heterocycles. The van der Waals surface area contributed by atoms with Crippen LogP contribution in [0.15, 0.2) is 54.9 Å². The van der Waals surface area contributed by atoms with Crippen LogP contribution in [0.1, 0.15) is 37.0 Å². The molecule has 33 heavy (non-hydrogen) atoms. The van der Waals surface area contributed by atoms with Crippen molar-refractivity contribution >= 4 is 22.9 Å². The van der Waals surface area contributed by atoms with Crippen LogP contribution in [0.3, 0.4) is 0 Å². The number of imidazole rings is 1. The lowest BCUT2D eigenvalue weighted by Crippen LogP contribution is -2.23. The molecule has 172 valence electrons. The Labute approximate surface area is 193 Å². The summed E-state index contributed by atoms with van der Waals surface area (Å²) < 4.78 is 1.99. The summed E-state index contributed by atoms with van der Waals surface area (Å²) in [5.74, 6) is 1.27. The van der Waals surface area contributed by atoms with Gasteiger partial charge in [-0.05, 0) is 38.8 Å². The predicted octanol–water partition coefficient (Wildman–Crippen LogP) is 4.07. The highest BCUT2D eigenvalue weighted by atomic mass is 16.3. The van der Waals surface area contributed by atoms with Crippen molar-refractivity contribution in [2.24, 2.45) is 0 Å². The molecule has 0 spiro atoms. The Morgan fingerprint density at radius 1 is 1.03 bits per heavy atom. The third-order valence-corrected chi connectivity index (χ3v) is 5.36. The Balaban J connectivity index is 1.65. The molecule has 0 radical (unpaired) electrons. The van der Waals surface area contributed by atoms with Gasteiger partial charge in [0.25, 0.3) is 0 Å². The van der Waals surface area contributed by atoms with E-state index in [2.05, 4.69) is 32.7 Å². The number of rotatable bonds is 9. The third-order valence-electron chi connectivity index (χ3n) is 5.36. The maximum Gasteiger partial charge on any atom is 0.226 e. The van der Waals surface area contributed by atoms with Crippen LogP contribution >= 0.6 is 0 Å². The van der Waals surface area contributed by atoms with Gasteiger partial charge < -0.3 is 25.4 Å². The maximum atomic E-state index is 10.2. The smallest absolute Gasteiger partial charge is 0.226 e. The Bertz CT molecular complexity index is 1230. The molecule has 4 rings (SSSR count). The van der Waals surface area contributed by atoms with Crippen molar-refractivity contribution in [2.75, 3.05) is 17.2 Å². The lowest BCUT2D eigenvalue weighted by molar-refractivity contribution is 0.0748. The second kappa shape index (κ2) is 9.46. The SMILES string of the molecule is Cc1ccc(O)c(CNc2nc(NCCC(C)(C)O)nc3c2ncn3Cc2ccccc2)c1. The van der Waals surface area contributed by atoms with Crippen LogP contribution in [0.25, 0.3) is 11.2 Å². The average molecular weight is 447 g/mol. The van der Waals surface area contributed by atoms with E-state index in [0.29, 0.717) is 49.0 Å². The Hall–Kier alpha value is -3.65. The van der Waals surface area contributed by atoms with Crippen molar-refractivity contribution in [3.8, 4) is 5.75 Å². The van der Waals surface area contributed by atoms with Crippen LogP contribution in [0, 0.1) is 6.92 Å². The van der Waals surface area contributed by atoms with Gasteiger partial charge in [-0.1, -0.05) is 48.0 Å². The number of anilines is 2. The highest BCUT2D eigenvalue weighted by molar-refractivity contribution is 5.84. The number of aliphatic hydroxyl groups is 1. The molecule has 0 aliphatic heterocycles. The number of nitrogens with zero attached hydrogens (tertiary/aromatic N) is 4. The summed E-state index contributed by atoms with van der Waals surface area (Å²) in [6.45, 7) is 7.09. The van der Waals surface area contributed by atoms with Crippen LogP contribution in [0.2, 0.25) is 0 Å². The molecule has 0 unspecified atom stereocenters. The van der Waals surface area contributed by atoms with Gasteiger partial charge in [-0.2, -0.15) is 9.97 Å². The van der Waals surface area contributed by atoms with Gasteiger partial charge in [0.1, 0.15) is 5.75 Å². The molecule has 4 N–H and O–H groups in total. The summed E-state index contributed by atoms with van der Waals surface area (Å²) in [5.41, 5.74) is 3.57. The zero-order valence-corrected chi connectivity index (χ0v) is 19.2. The molecule has 8 nitrogen and oxygen atoms in total. The molecule has 2 aromatic carbocycles. The van der Waals surface area contributed by atoms with E-state index in [1.54, 1.807) is 26.2 Å². The molecule has 0 bridgehead atoms. The normalized spacial score (nSPS) is 11.6. The molecule has 8 heteroatoms. The van der Waals surface area contributed by atoms with Crippen molar-refractivity contribution in [1.29, 1.82) is 0 Å². The fraction of sp³-hybridized carbons (Fsp3) is 0.320. The van der Waals surface area contributed by atoms with E-state index in [0.717, 1.165) is 16.7 Å². The first-order valence-electron chi connectivity index (χ1n) is 11.0. The summed E-state index contributed by atoms with van der Waals surface area (Å²) in [5, 5.41) is 26.8. The highest BCUT2D eigenvalue weighted by Gasteiger charge is 2.16. The van der Waals surface area contributed by atoms with Crippen LogP contribution in [0.5, 0.6) is 5.75 Å². The number of aryl methyl sites for hydroxylation is 1. The van der Waals surface area contributed by atoms with Crippen molar-refractivity contribution in [3.63, 3.8) is 0 Å². The summed E-state index contributed by atoms with van der Waals surface area (Å²) in [4.78, 5) is 13.9. The van der Waals surface area contributed by atoms with Gasteiger partial charge in [0.2, 0.25) is 5.95 Å². The number of phenolic OH excluding ortho intramolecular Hbond substituents is 1. The minimum atomic E-state index is -0.782. The number of aromatic nitrogens is 4. The van der Waals surface area contributed by atoms with Gasteiger partial charge in [0, 0.05) is 18.7 Å². The summed E-state index contributed by atoms with van der Waals surface area (Å²) in [7, 11) is 0. The van der Waals surface area contributed by atoms with Gasteiger partial charge in [-0.3, -0.25) is 0 Å². The third kappa shape index (κ3) is 5.78. The number of fused-ring (bicyclic) bond motifs is 1. The number of hydrogen-bond donors (Lipinski definition) is 4. The zero-order valence-electron chi connectivity index (χ0n) is 19.2. The van der Waals surface area contributed by atoms with Gasteiger partial charge in [-0.15, -0.1) is 0 Å². The van der Waals surface area contributed by atoms with E-state index in [1.165, 1.54) is 0 Å². The number of benzene rings is 2. The van der Waals surface area contributed by atoms with E-state index < -0.39 is 5.60 Å². The molecule has 0 aliphatic rings. The van der Waals surface area contributed by atoms with Crippen LogP contribution < -0.4 is 10.6 Å². The minimum absolute atomic E-state index is 0.233. The van der Waals surface area contributed by atoms with Crippen molar-refractivity contribution < 1.29 is 10.2 Å². The topological polar surface area (TPSA) is 108 Å². The molecule has 0 amide bonds. The zero-order chi connectivity index (χ0) is 23.4. The van der Waals surface area contributed by atoms with Gasteiger partial charge in [-0.25, -0.2) is 4.98 Å².